The minimum absolute atomic E-state index is 0.265. The molecule has 2 bridgehead atoms. The maximum atomic E-state index is 13.8. The van der Waals surface area contributed by atoms with Gasteiger partial charge in [-0.25, -0.2) is 5.48 Å². The van der Waals surface area contributed by atoms with Gasteiger partial charge in [-0.2, -0.15) is 0 Å². The van der Waals surface area contributed by atoms with Crippen molar-refractivity contribution in [1.29, 1.82) is 0 Å². The standard InChI is InChI=1S/C30H41N3O8/c1-31-30(36)24-16-19-11-13-21(14-12-19)41-15-6-5-9-23(29(35)33-37)22(28(34)32-24)10-7-8-20-17-25(38-2)27(40-4)26(18-20)39-3/h11-14,17-18,22-24,37H,5-10,15-16H2,1-4H3,(H,31,36)(H,32,34)(H,33,35)/t22-,23-,24-/m1/s1. The first kappa shape index (κ1) is 31.5. The monoisotopic (exact) mass is 571 g/mol. The van der Waals surface area contributed by atoms with Gasteiger partial charge in [-0.05, 0) is 73.9 Å². The third kappa shape index (κ3) is 8.50. The Morgan fingerprint density at radius 3 is 2.29 bits per heavy atom. The number of nitrogens with one attached hydrogen (secondary N) is 3. The van der Waals surface area contributed by atoms with Gasteiger partial charge in [0, 0.05) is 19.4 Å². The predicted molar refractivity (Wildman–Crippen MR) is 151 cm³/mol. The van der Waals surface area contributed by atoms with E-state index in [0.717, 1.165) is 11.1 Å². The average molecular weight is 572 g/mol. The molecule has 2 aromatic rings. The molecule has 3 atom stereocenters. The number of methoxy groups -OCH3 is 3. The first-order chi connectivity index (χ1) is 19.8. The molecule has 0 fully saturated rings. The van der Waals surface area contributed by atoms with Gasteiger partial charge in [-0.1, -0.05) is 12.1 Å². The van der Waals surface area contributed by atoms with Crippen molar-refractivity contribution in [3.05, 3.63) is 47.5 Å². The van der Waals surface area contributed by atoms with Gasteiger partial charge in [0.2, 0.25) is 23.5 Å². The molecular weight excluding hydrogens is 530 g/mol. The maximum absolute atomic E-state index is 13.8. The average Bonchev–Trinajstić information content (AvgIpc) is 3.00. The fourth-order valence-corrected chi connectivity index (χ4v) is 5.19. The molecule has 4 rings (SSSR count). The molecular formula is C30H41N3O8. The van der Waals surface area contributed by atoms with Crippen LogP contribution in [0.4, 0.5) is 0 Å². The highest BCUT2D eigenvalue weighted by molar-refractivity contribution is 5.91. The van der Waals surface area contributed by atoms with Gasteiger partial charge in [0.1, 0.15) is 11.8 Å². The highest BCUT2D eigenvalue weighted by Gasteiger charge is 2.35. The van der Waals surface area contributed by atoms with Crippen molar-refractivity contribution in [3.8, 4) is 23.0 Å². The SMILES string of the molecule is CNC(=O)[C@H]1Cc2ccc(cc2)OCCCC[C@@H](C(=O)NO)[C@@H](CCCc2cc(OC)c(OC)c(OC)c2)C(=O)N1. The molecule has 2 heterocycles. The molecule has 224 valence electrons. The lowest BCUT2D eigenvalue weighted by molar-refractivity contribution is -0.141. The fraction of sp³-hybridized carbons (Fsp3) is 0.500. The maximum Gasteiger partial charge on any atom is 0.247 e. The highest BCUT2D eigenvalue weighted by Crippen LogP contribution is 2.38. The molecule has 11 heteroatoms. The summed E-state index contributed by atoms with van der Waals surface area (Å²) in [7, 11) is 6.14. The van der Waals surface area contributed by atoms with E-state index in [1.165, 1.54) is 14.2 Å². The predicted octanol–water partition coefficient (Wildman–Crippen LogP) is 2.81. The van der Waals surface area contributed by atoms with Crippen molar-refractivity contribution in [2.75, 3.05) is 35.0 Å². The summed E-state index contributed by atoms with van der Waals surface area (Å²) in [4.78, 5) is 39.4. The second kappa shape index (κ2) is 15.7. The lowest BCUT2D eigenvalue weighted by Gasteiger charge is -2.27. The van der Waals surface area contributed by atoms with Gasteiger partial charge in [-0.15, -0.1) is 0 Å². The van der Waals surface area contributed by atoms with Crippen LogP contribution >= 0.6 is 0 Å². The van der Waals surface area contributed by atoms with Crippen molar-refractivity contribution in [2.45, 2.75) is 51.0 Å². The molecule has 2 aliphatic rings. The zero-order valence-electron chi connectivity index (χ0n) is 24.2. The second-order valence-corrected chi connectivity index (χ2v) is 9.98. The van der Waals surface area contributed by atoms with Crippen LogP contribution in [0.3, 0.4) is 0 Å². The number of hydrogen-bond donors (Lipinski definition) is 4. The molecule has 4 N–H and O–H groups in total. The Morgan fingerprint density at radius 2 is 1.71 bits per heavy atom. The fourth-order valence-electron chi connectivity index (χ4n) is 5.19. The van der Waals surface area contributed by atoms with Crippen LogP contribution < -0.4 is 35.1 Å². The topological polar surface area (TPSA) is 144 Å². The number of likely N-dealkylation sites (N-methyl/N-ethyl adjacent to an activating group) is 1. The van der Waals surface area contributed by atoms with Crippen LogP contribution in [-0.4, -0.2) is 64.0 Å². The Balaban J connectivity index is 1.87. The third-order valence-corrected chi connectivity index (χ3v) is 7.40. The molecule has 2 aliphatic heterocycles. The molecule has 0 unspecified atom stereocenters. The van der Waals surface area contributed by atoms with E-state index in [4.69, 9.17) is 18.9 Å². The number of rotatable bonds is 9. The van der Waals surface area contributed by atoms with Crippen LogP contribution in [0.2, 0.25) is 0 Å². The minimum Gasteiger partial charge on any atom is -0.494 e. The molecule has 3 amide bonds. The zero-order chi connectivity index (χ0) is 29.8. The normalized spacial score (nSPS) is 19.5. The van der Waals surface area contributed by atoms with E-state index < -0.39 is 29.7 Å². The number of amides is 3. The van der Waals surface area contributed by atoms with Crippen molar-refractivity contribution in [1.82, 2.24) is 16.1 Å². The summed E-state index contributed by atoms with van der Waals surface area (Å²) in [5, 5.41) is 15.0. The van der Waals surface area contributed by atoms with Crippen LogP contribution in [0, 0.1) is 11.8 Å². The lowest BCUT2D eigenvalue weighted by atomic mass is 9.82. The summed E-state index contributed by atoms with van der Waals surface area (Å²) in [6, 6.07) is 10.3. The molecule has 0 saturated heterocycles. The number of aryl methyl sites for hydroxylation is 1. The Morgan fingerprint density at radius 1 is 1.02 bits per heavy atom. The van der Waals surface area contributed by atoms with Gasteiger partial charge in [0.25, 0.3) is 0 Å². The highest BCUT2D eigenvalue weighted by atomic mass is 16.5. The van der Waals surface area contributed by atoms with Gasteiger partial charge in [-0.3, -0.25) is 19.6 Å². The number of hydroxylamine groups is 1. The molecule has 0 aromatic heterocycles. The Bertz CT molecular complexity index is 1150. The van der Waals surface area contributed by atoms with Gasteiger partial charge in [0.15, 0.2) is 11.5 Å². The molecule has 0 saturated carbocycles. The third-order valence-electron chi connectivity index (χ3n) is 7.40. The van der Waals surface area contributed by atoms with Crippen LogP contribution in [0.5, 0.6) is 23.0 Å². The molecule has 11 nitrogen and oxygen atoms in total. The molecule has 0 spiro atoms. The Hall–Kier alpha value is -3.99. The molecule has 41 heavy (non-hydrogen) atoms. The number of fused-ring (bicyclic) bond motifs is 12. The smallest absolute Gasteiger partial charge is 0.247 e. The van der Waals surface area contributed by atoms with Crippen LogP contribution in [0.15, 0.2) is 36.4 Å². The van der Waals surface area contributed by atoms with Crippen molar-refractivity contribution < 1.29 is 38.5 Å². The number of carbonyl (C=O) groups is 3. The number of ether oxygens (including phenoxy) is 4. The zero-order valence-corrected chi connectivity index (χ0v) is 24.2. The van der Waals surface area contributed by atoms with E-state index in [0.29, 0.717) is 68.1 Å². The number of carbonyl (C=O) groups excluding carboxylic acids is 3. The Kier molecular flexibility index (Phi) is 12.1. The summed E-state index contributed by atoms with van der Waals surface area (Å²) >= 11 is 0. The van der Waals surface area contributed by atoms with Crippen molar-refractivity contribution in [2.24, 2.45) is 11.8 Å². The quantitative estimate of drug-likeness (QED) is 0.266. The van der Waals surface area contributed by atoms with Crippen LogP contribution in [-0.2, 0) is 27.2 Å². The van der Waals surface area contributed by atoms with Gasteiger partial charge >= 0.3 is 0 Å². The van der Waals surface area contributed by atoms with E-state index >= 15 is 0 Å². The van der Waals surface area contributed by atoms with Gasteiger partial charge < -0.3 is 29.6 Å². The van der Waals surface area contributed by atoms with Crippen LogP contribution in [0.25, 0.3) is 0 Å². The van der Waals surface area contributed by atoms with E-state index in [1.807, 2.05) is 36.4 Å². The van der Waals surface area contributed by atoms with E-state index in [1.54, 1.807) is 19.7 Å². The molecule has 2 aromatic carbocycles. The first-order valence-electron chi connectivity index (χ1n) is 13.8. The van der Waals surface area contributed by atoms with Gasteiger partial charge in [0.05, 0.1) is 33.9 Å². The molecule has 0 radical (unpaired) electrons. The van der Waals surface area contributed by atoms with E-state index in [2.05, 4.69) is 10.6 Å². The summed E-state index contributed by atoms with van der Waals surface area (Å²) in [6.07, 6.45) is 3.34. The largest absolute Gasteiger partial charge is 0.494 e. The number of benzene rings is 2. The van der Waals surface area contributed by atoms with Crippen molar-refractivity contribution >= 4 is 17.7 Å². The Labute approximate surface area is 240 Å². The number of hydrogen-bond acceptors (Lipinski definition) is 8. The summed E-state index contributed by atoms with van der Waals surface area (Å²) < 4.78 is 22.1. The summed E-state index contributed by atoms with van der Waals surface area (Å²) in [6.45, 7) is 0.450. The van der Waals surface area contributed by atoms with Crippen molar-refractivity contribution in [3.63, 3.8) is 0 Å². The lowest BCUT2D eigenvalue weighted by Crippen LogP contribution is -2.51. The summed E-state index contributed by atoms with van der Waals surface area (Å²) in [5.41, 5.74) is 3.50. The first-order valence-corrected chi connectivity index (χ1v) is 13.8. The minimum atomic E-state index is -0.847. The summed E-state index contributed by atoms with van der Waals surface area (Å²) in [5.74, 6) is -0.747. The van der Waals surface area contributed by atoms with E-state index in [-0.39, 0.29) is 12.3 Å². The van der Waals surface area contributed by atoms with Crippen LogP contribution in [0.1, 0.15) is 43.2 Å². The molecule has 0 aliphatic carbocycles. The second-order valence-electron chi connectivity index (χ2n) is 9.98. The van der Waals surface area contributed by atoms with E-state index in [9.17, 15) is 19.6 Å².